The van der Waals surface area contributed by atoms with Crippen molar-refractivity contribution in [2.75, 3.05) is 13.7 Å². The molecule has 0 bridgehead atoms. The predicted octanol–water partition coefficient (Wildman–Crippen LogP) is 3.74. The first-order valence-corrected chi connectivity index (χ1v) is 8.36. The molecule has 2 N–H and O–H groups in total. The Morgan fingerprint density at radius 3 is 2.58 bits per heavy atom. The quantitative estimate of drug-likeness (QED) is 0.725. The number of amides is 1. The molecule has 138 valence electrons. The van der Waals surface area contributed by atoms with Gasteiger partial charge in [0.1, 0.15) is 17.1 Å². The zero-order valence-corrected chi connectivity index (χ0v) is 15.6. The standard InChI is InChI=1S/C18H17Cl2NO5/c1-10(13-5-3-11(19)7-15(13)20)21-17(23)9-26-18(24)14-8-12(25-2)4-6-16(14)22/h3-8,10,22H,9H2,1-2H3,(H,21,23)/t10-/m0/s1. The molecular formula is C18H17Cl2NO5. The summed E-state index contributed by atoms with van der Waals surface area (Å²) in [5.74, 6) is -1.24. The van der Waals surface area contributed by atoms with E-state index in [1.807, 2.05) is 0 Å². The van der Waals surface area contributed by atoms with Gasteiger partial charge in [-0.1, -0.05) is 29.3 Å². The van der Waals surface area contributed by atoms with Gasteiger partial charge in [-0.15, -0.1) is 0 Å². The minimum atomic E-state index is -0.839. The summed E-state index contributed by atoms with van der Waals surface area (Å²) >= 11 is 11.9. The van der Waals surface area contributed by atoms with Gasteiger partial charge < -0.3 is 19.9 Å². The lowest BCUT2D eigenvalue weighted by Gasteiger charge is -2.16. The van der Waals surface area contributed by atoms with Crippen LogP contribution in [0, 0.1) is 0 Å². The molecule has 0 fully saturated rings. The Labute approximate surface area is 160 Å². The molecule has 0 radical (unpaired) electrons. The lowest BCUT2D eigenvalue weighted by molar-refractivity contribution is -0.124. The van der Waals surface area contributed by atoms with Gasteiger partial charge >= 0.3 is 5.97 Å². The fourth-order valence-electron chi connectivity index (χ4n) is 2.23. The zero-order valence-electron chi connectivity index (χ0n) is 14.1. The third-order valence-corrected chi connectivity index (χ3v) is 4.13. The minimum Gasteiger partial charge on any atom is -0.507 e. The number of benzene rings is 2. The molecule has 0 aromatic heterocycles. The second-order valence-electron chi connectivity index (χ2n) is 5.41. The first-order chi connectivity index (χ1) is 12.3. The van der Waals surface area contributed by atoms with Crippen molar-refractivity contribution in [2.45, 2.75) is 13.0 Å². The Morgan fingerprint density at radius 1 is 1.19 bits per heavy atom. The third-order valence-electron chi connectivity index (χ3n) is 3.56. The monoisotopic (exact) mass is 397 g/mol. The third kappa shape index (κ3) is 5.03. The van der Waals surface area contributed by atoms with Crippen LogP contribution in [0.1, 0.15) is 28.9 Å². The van der Waals surface area contributed by atoms with Crippen molar-refractivity contribution in [1.29, 1.82) is 0 Å². The lowest BCUT2D eigenvalue weighted by atomic mass is 10.1. The van der Waals surface area contributed by atoms with Crippen LogP contribution in [0.3, 0.4) is 0 Å². The van der Waals surface area contributed by atoms with Crippen LogP contribution in [0.2, 0.25) is 10.0 Å². The second kappa shape index (κ2) is 8.78. The molecule has 2 aromatic rings. The highest BCUT2D eigenvalue weighted by molar-refractivity contribution is 6.35. The van der Waals surface area contributed by atoms with Gasteiger partial charge in [-0.3, -0.25) is 4.79 Å². The maximum Gasteiger partial charge on any atom is 0.342 e. The van der Waals surface area contributed by atoms with E-state index in [1.165, 1.54) is 25.3 Å². The van der Waals surface area contributed by atoms with Gasteiger partial charge in [0.2, 0.25) is 0 Å². The lowest BCUT2D eigenvalue weighted by Crippen LogP contribution is -2.31. The van der Waals surface area contributed by atoms with E-state index < -0.39 is 24.5 Å². The van der Waals surface area contributed by atoms with Gasteiger partial charge in [-0.25, -0.2) is 4.79 Å². The van der Waals surface area contributed by atoms with Crippen LogP contribution in [-0.4, -0.2) is 30.7 Å². The Kier molecular flexibility index (Phi) is 6.71. The maximum atomic E-state index is 12.0. The van der Waals surface area contributed by atoms with Gasteiger partial charge in [-0.2, -0.15) is 0 Å². The highest BCUT2D eigenvalue weighted by atomic mass is 35.5. The van der Waals surface area contributed by atoms with E-state index in [9.17, 15) is 14.7 Å². The summed E-state index contributed by atoms with van der Waals surface area (Å²) in [7, 11) is 1.43. The molecule has 0 saturated carbocycles. The van der Waals surface area contributed by atoms with Gasteiger partial charge in [0.05, 0.1) is 13.2 Å². The fourth-order valence-corrected chi connectivity index (χ4v) is 2.80. The van der Waals surface area contributed by atoms with E-state index in [4.69, 9.17) is 32.7 Å². The first-order valence-electron chi connectivity index (χ1n) is 7.60. The molecule has 0 heterocycles. The molecule has 0 spiro atoms. The summed E-state index contributed by atoms with van der Waals surface area (Å²) in [6, 6.07) is 8.66. The van der Waals surface area contributed by atoms with Crippen LogP contribution in [0.4, 0.5) is 0 Å². The SMILES string of the molecule is COc1ccc(O)c(C(=O)OCC(=O)N[C@@H](C)c2ccc(Cl)cc2Cl)c1. The van der Waals surface area contributed by atoms with E-state index >= 15 is 0 Å². The molecule has 2 rings (SSSR count). The number of carbonyl (C=O) groups excluding carboxylic acids is 2. The Hall–Kier alpha value is -2.44. The van der Waals surface area contributed by atoms with Crippen molar-refractivity contribution in [3.8, 4) is 11.5 Å². The van der Waals surface area contributed by atoms with Crippen molar-refractivity contribution < 1.29 is 24.2 Å². The van der Waals surface area contributed by atoms with Crippen LogP contribution in [-0.2, 0) is 9.53 Å². The molecule has 2 aromatic carbocycles. The topological polar surface area (TPSA) is 84.9 Å². The number of rotatable bonds is 6. The average molecular weight is 398 g/mol. The molecule has 6 nitrogen and oxygen atoms in total. The Balaban J connectivity index is 1.95. The number of phenolic OH excluding ortho intramolecular Hbond substituents is 1. The molecule has 1 amide bonds. The first kappa shape index (κ1) is 19.9. The maximum absolute atomic E-state index is 12.0. The van der Waals surface area contributed by atoms with Crippen molar-refractivity contribution in [2.24, 2.45) is 0 Å². The zero-order chi connectivity index (χ0) is 19.3. The number of phenols is 1. The highest BCUT2D eigenvalue weighted by Gasteiger charge is 2.17. The molecule has 0 aliphatic rings. The molecule has 0 aliphatic heterocycles. The van der Waals surface area contributed by atoms with Crippen LogP contribution in [0.15, 0.2) is 36.4 Å². The summed E-state index contributed by atoms with van der Waals surface area (Å²) in [5.41, 5.74) is 0.590. The summed E-state index contributed by atoms with van der Waals surface area (Å²) in [5, 5.41) is 13.3. The summed E-state index contributed by atoms with van der Waals surface area (Å²) in [4.78, 5) is 24.0. The van der Waals surface area contributed by atoms with E-state index in [0.717, 1.165) is 0 Å². The summed E-state index contributed by atoms with van der Waals surface area (Å²) in [6.45, 7) is 1.23. The van der Waals surface area contributed by atoms with Gasteiger partial charge in [0.15, 0.2) is 6.61 Å². The number of hydrogen-bond acceptors (Lipinski definition) is 5. The molecule has 1 atom stereocenters. The summed E-state index contributed by atoms with van der Waals surface area (Å²) in [6.07, 6.45) is 0. The van der Waals surface area contributed by atoms with E-state index in [2.05, 4.69) is 5.32 Å². The van der Waals surface area contributed by atoms with Crippen LogP contribution in [0.25, 0.3) is 0 Å². The molecule has 0 aliphatic carbocycles. The van der Waals surface area contributed by atoms with Gasteiger partial charge in [-0.05, 0) is 42.8 Å². The second-order valence-corrected chi connectivity index (χ2v) is 6.26. The minimum absolute atomic E-state index is 0.0917. The number of ether oxygens (including phenoxy) is 2. The number of nitrogens with one attached hydrogen (secondary N) is 1. The molecule has 0 saturated heterocycles. The Bertz CT molecular complexity index is 825. The van der Waals surface area contributed by atoms with Crippen molar-refractivity contribution in [3.05, 3.63) is 57.6 Å². The number of esters is 1. The molecule has 0 unspecified atom stereocenters. The van der Waals surface area contributed by atoms with Crippen LogP contribution < -0.4 is 10.1 Å². The predicted molar refractivity (Wildman–Crippen MR) is 98.0 cm³/mol. The van der Waals surface area contributed by atoms with Gasteiger partial charge in [0.25, 0.3) is 5.91 Å². The molecule has 8 heteroatoms. The van der Waals surface area contributed by atoms with E-state index in [0.29, 0.717) is 21.4 Å². The van der Waals surface area contributed by atoms with E-state index in [-0.39, 0.29) is 11.3 Å². The molecule has 26 heavy (non-hydrogen) atoms. The number of halogens is 2. The molecular weight excluding hydrogens is 381 g/mol. The van der Waals surface area contributed by atoms with Gasteiger partial charge in [0, 0.05) is 10.0 Å². The van der Waals surface area contributed by atoms with E-state index in [1.54, 1.807) is 25.1 Å². The number of methoxy groups -OCH3 is 1. The average Bonchev–Trinajstić information content (AvgIpc) is 2.60. The normalized spacial score (nSPS) is 11.5. The van der Waals surface area contributed by atoms with Crippen molar-refractivity contribution >= 4 is 35.1 Å². The number of aromatic hydroxyl groups is 1. The number of hydrogen-bond donors (Lipinski definition) is 2. The highest BCUT2D eigenvalue weighted by Crippen LogP contribution is 2.26. The fraction of sp³-hybridized carbons (Fsp3) is 0.222. The van der Waals surface area contributed by atoms with Crippen molar-refractivity contribution in [1.82, 2.24) is 5.32 Å². The van der Waals surface area contributed by atoms with Crippen LogP contribution in [0.5, 0.6) is 11.5 Å². The Morgan fingerprint density at radius 2 is 1.92 bits per heavy atom. The largest absolute Gasteiger partial charge is 0.507 e. The summed E-state index contributed by atoms with van der Waals surface area (Å²) < 4.78 is 9.92. The van der Waals surface area contributed by atoms with Crippen LogP contribution >= 0.6 is 23.2 Å². The number of carbonyl (C=O) groups is 2. The van der Waals surface area contributed by atoms with Crippen molar-refractivity contribution in [3.63, 3.8) is 0 Å². The smallest absolute Gasteiger partial charge is 0.342 e.